The van der Waals surface area contributed by atoms with Crippen LogP contribution in [0.4, 0.5) is 0 Å². The van der Waals surface area contributed by atoms with Crippen LogP contribution < -0.4 is 0 Å². The molecule has 0 aromatic heterocycles. The Morgan fingerprint density at radius 1 is 1.15 bits per heavy atom. The Balaban J connectivity index is 3.03. The Hall–Kier alpha value is 0.0900. The highest BCUT2D eigenvalue weighted by Gasteiger charge is 2.22. The molecule has 0 aliphatic heterocycles. The van der Waals surface area contributed by atoms with Crippen molar-refractivity contribution in [2.24, 2.45) is 5.92 Å². The zero-order chi connectivity index (χ0) is 15.3. The molecule has 0 amide bonds. The standard InChI is InChI=1S/C17H25Cl3/c1-5-6-7-17(3,4)13-9-15(19)14(16(20)10-13)8-12(2)11-18/h9-10,12H,5-8,11H2,1-4H3. The molecule has 0 nitrogen and oxygen atoms in total. The van der Waals surface area contributed by atoms with Crippen LogP contribution in [-0.2, 0) is 11.8 Å². The molecule has 0 bridgehead atoms. The third-order valence-corrected chi connectivity index (χ3v) is 5.10. The number of benzene rings is 1. The van der Waals surface area contributed by atoms with Gasteiger partial charge in [0.05, 0.1) is 0 Å². The van der Waals surface area contributed by atoms with Crippen molar-refractivity contribution >= 4 is 34.8 Å². The van der Waals surface area contributed by atoms with Crippen molar-refractivity contribution in [3.63, 3.8) is 0 Å². The molecule has 0 aliphatic carbocycles. The van der Waals surface area contributed by atoms with Crippen LogP contribution in [0.2, 0.25) is 10.0 Å². The fraction of sp³-hybridized carbons (Fsp3) is 0.647. The van der Waals surface area contributed by atoms with Crippen LogP contribution in [0.5, 0.6) is 0 Å². The maximum Gasteiger partial charge on any atom is 0.0455 e. The fourth-order valence-electron chi connectivity index (χ4n) is 2.35. The summed E-state index contributed by atoms with van der Waals surface area (Å²) in [6.07, 6.45) is 4.40. The first-order valence-corrected chi connectivity index (χ1v) is 8.65. The van der Waals surface area contributed by atoms with E-state index in [1.54, 1.807) is 0 Å². The monoisotopic (exact) mass is 334 g/mol. The molecule has 114 valence electrons. The van der Waals surface area contributed by atoms with Gasteiger partial charge in [0.2, 0.25) is 0 Å². The summed E-state index contributed by atoms with van der Waals surface area (Å²) < 4.78 is 0. The first-order valence-electron chi connectivity index (χ1n) is 7.36. The van der Waals surface area contributed by atoms with Crippen molar-refractivity contribution in [1.82, 2.24) is 0 Å². The molecule has 0 saturated carbocycles. The van der Waals surface area contributed by atoms with E-state index in [0.29, 0.717) is 11.8 Å². The lowest BCUT2D eigenvalue weighted by molar-refractivity contribution is 0.457. The second kappa shape index (κ2) is 7.92. The maximum absolute atomic E-state index is 6.45. The van der Waals surface area contributed by atoms with Gasteiger partial charge in [-0.1, -0.05) is 63.7 Å². The summed E-state index contributed by atoms with van der Waals surface area (Å²) in [7, 11) is 0. The van der Waals surface area contributed by atoms with E-state index < -0.39 is 0 Å². The highest BCUT2D eigenvalue weighted by molar-refractivity contribution is 6.36. The Labute approximate surface area is 138 Å². The summed E-state index contributed by atoms with van der Waals surface area (Å²) >= 11 is 18.8. The Kier molecular flexibility index (Phi) is 7.18. The first kappa shape index (κ1) is 18.1. The minimum absolute atomic E-state index is 0.111. The van der Waals surface area contributed by atoms with Crippen LogP contribution >= 0.6 is 34.8 Å². The lowest BCUT2D eigenvalue weighted by atomic mass is 9.79. The smallest absolute Gasteiger partial charge is 0.0455 e. The molecular weight excluding hydrogens is 311 g/mol. The van der Waals surface area contributed by atoms with Crippen molar-refractivity contribution in [3.8, 4) is 0 Å². The number of hydrogen-bond acceptors (Lipinski definition) is 0. The lowest BCUT2D eigenvalue weighted by Gasteiger charge is -2.26. The molecule has 0 fully saturated rings. The van der Waals surface area contributed by atoms with E-state index in [0.717, 1.165) is 28.5 Å². The van der Waals surface area contributed by atoms with Gasteiger partial charge in [-0.3, -0.25) is 0 Å². The Morgan fingerprint density at radius 3 is 2.15 bits per heavy atom. The van der Waals surface area contributed by atoms with E-state index >= 15 is 0 Å². The normalized spacial score (nSPS) is 13.6. The van der Waals surface area contributed by atoms with Crippen molar-refractivity contribution in [2.45, 2.75) is 58.8 Å². The molecule has 1 atom stereocenters. The molecule has 20 heavy (non-hydrogen) atoms. The van der Waals surface area contributed by atoms with Crippen LogP contribution in [0.3, 0.4) is 0 Å². The van der Waals surface area contributed by atoms with Crippen molar-refractivity contribution in [1.29, 1.82) is 0 Å². The second-order valence-corrected chi connectivity index (χ2v) is 7.49. The van der Waals surface area contributed by atoms with Crippen molar-refractivity contribution < 1.29 is 0 Å². The number of rotatable bonds is 7. The van der Waals surface area contributed by atoms with Gasteiger partial charge in [-0.15, -0.1) is 11.6 Å². The molecule has 0 N–H and O–H groups in total. The van der Waals surface area contributed by atoms with Gasteiger partial charge >= 0.3 is 0 Å². The summed E-state index contributed by atoms with van der Waals surface area (Å²) in [6, 6.07) is 4.17. The summed E-state index contributed by atoms with van der Waals surface area (Å²) in [4.78, 5) is 0. The molecule has 1 aromatic rings. The zero-order valence-electron chi connectivity index (χ0n) is 12.9. The van der Waals surface area contributed by atoms with Gasteiger partial charge in [0, 0.05) is 15.9 Å². The van der Waals surface area contributed by atoms with Crippen molar-refractivity contribution in [2.75, 3.05) is 5.88 Å². The van der Waals surface area contributed by atoms with Crippen LogP contribution in [0.1, 0.15) is 58.1 Å². The van der Waals surface area contributed by atoms with E-state index in [-0.39, 0.29) is 5.41 Å². The van der Waals surface area contributed by atoms with E-state index in [1.807, 2.05) is 0 Å². The number of unbranched alkanes of at least 4 members (excludes halogenated alkanes) is 1. The number of hydrogen-bond donors (Lipinski definition) is 0. The van der Waals surface area contributed by atoms with Crippen LogP contribution in [0.15, 0.2) is 12.1 Å². The third-order valence-electron chi connectivity index (χ3n) is 3.89. The van der Waals surface area contributed by atoms with Gasteiger partial charge in [-0.2, -0.15) is 0 Å². The van der Waals surface area contributed by atoms with Gasteiger partial charge < -0.3 is 0 Å². The lowest BCUT2D eigenvalue weighted by Crippen LogP contribution is -2.17. The molecule has 0 aliphatic rings. The highest BCUT2D eigenvalue weighted by Crippen LogP contribution is 2.36. The van der Waals surface area contributed by atoms with Crippen LogP contribution in [0.25, 0.3) is 0 Å². The molecule has 0 heterocycles. The quantitative estimate of drug-likeness (QED) is 0.476. The second-order valence-electron chi connectivity index (χ2n) is 6.37. The molecule has 0 spiro atoms. The highest BCUT2D eigenvalue weighted by atomic mass is 35.5. The average molecular weight is 336 g/mol. The summed E-state index contributed by atoms with van der Waals surface area (Å²) in [5.41, 5.74) is 2.36. The molecule has 1 rings (SSSR count). The number of halogens is 3. The van der Waals surface area contributed by atoms with E-state index in [4.69, 9.17) is 34.8 Å². The van der Waals surface area contributed by atoms with Gasteiger partial charge in [0.15, 0.2) is 0 Å². The summed E-state index contributed by atoms with van der Waals surface area (Å²) in [5, 5.41) is 1.54. The van der Waals surface area contributed by atoms with Crippen LogP contribution in [-0.4, -0.2) is 5.88 Å². The Morgan fingerprint density at radius 2 is 1.70 bits per heavy atom. The number of alkyl halides is 1. The molecular formula is C17H25Cl3. The largest absolute Gasteiger partial charge is 0.126 e. The summed E-state index contributed by atoms with van der Waals surface area (Å²) in [5.74, 6) is 1.00. The molecule has 1 unspecified atom stereocenters. The zero-order valence-corrected chi connectivity index (χ0v) is 15.2. The maximum atomic E-state index is 6.45. The van der Waals surface area contributed by atoms with E-state index in [2.05, 4.69) is 39.8 Å². The van der Waals surface area contributed by atoms with Gasteiger partial charge in [0.1, 0.15) is 0 Å². The molecule has 3 heteroatoms. The first-order chi connectivity index (χ1) is 9.31. The predicted octanol–water partition coefficient (Wildman–Crippen LogP) is 6.88. The van der Waals surface area contributed by atoms with Crippen molar-refractivity contribution in [3.05, 3.63) is 33.3 Å². The van der Waals surface area contributed by atoms with Gasteiger partial charge in [-0.05, 0) is 47.4 Å². The summed E-state index contributed by atoms with van der Waals surface area (Å²) in [6.45, 7) is 8.84. The third kappa shape index (κ3) is 4.83. The van der Waals surface area contributed by atoms with Gasteiger partial charge in [-0.25, -0.2) is 0 Å². The topological polar surface area (TPSA) is 0 Å². The SMILES string of the molecule is CCCCC(C)(C)c1cc(Cl)c(CC(C)CCl)c(Cl)c1. The minimum atomic E-state index is 0.111. The predicted molar refractivity (Wildman–Crippen MR) is 92.6 cm³/mol. The average Bonchev–Trinajstić information content (AvgIpc) is 2.40. The minimum Gasteiger partial charge on any atom is -0.126 e. The molecule has 0 saturated heterocycles. The van der Waals surface area contributed by atoms with Crippen LogP contribution in [0, 0.1) is 5.92 Å². The van der Waals surface area contributed by atoms with E-state index in [1.165, 1.54) is 18.4 Å². The van der Waals surface area contributed by atoms with Gasteiger partial charge in [0.25, 0.3) is 0 Å². The van der Waals surface area contributed by atoms with E-state index in [9.17, 15) is 0 Å². The molecule has 0 radical (unpaired) electrons. The fourth-order valence-corrected chi connectivity index (χ4v) is 3.11. The Bertz CT molecular complexity index is 415. The molecule has 1 aromatic carbocycles.